The van der Waals surface area contributed by atoms with Crippen molar-refractivity contribution >= 4 is 5.91 Å². The van der Waals surface area contributed by atoms with E-state index in [0.717, 1.165) is 38.4 Å². The van der Waals surface area contributed by atoms with Crippen LogP contribution in [0.2, 0.25) is 0 Å². The smallest absolute Gasteiger partial charge is 0.225 e. The van der Waals surface area contributed by atoms with E-state index in [0.29, 0.717) is 0 Å². The minimum Gasteiger partial charge on any atom is -0.494 e. The number of likely N-dealkylation sites (tertiary alicyclic amines) is 1. The quantitative estimate of drug-likeness (QED) is 0.561. The van der Waals surface area contributed by atoms with E-state index in [1.54, 1.807) is 0 Å². The molecule has 1 aromatic rings. The lowest BCUT2D eigenvalue weighted by Crippen LogP contribution is -2.54. The highest BCUT2D eigenvalue weighted by molar-refractivity contribution is 5.80. The monoisotopic (exact) mass is 362 g/mol. The minimum absolute atomic E-state index is 0.0185. The molecular formula is C21H34N2O3. The molecule has 2 rings (SSSR count). The van der Waals surface area contributed by atoms with E-state index in [-0.39, 0.29) is 24.5 Å². The van der Waals surface area contributed by atoms with Crippen molar-refractivity contribution in [3.8, 4) is 5.75 Å². The second-order valence-corrected chi connectivity index (χ2v) is 7.39. The first-order chi connectivity index (χ1) is 12.6. The van der Waals surface area contributed by atoms with E-state index in [1.807, 2.05) is 19.1 Å². The number of ether oxygens (including phenoxy) is 1. The first-order valence-corrected chi connectivity index (χ1v) is 9.97. The van der Waals surface area contributed by atoms with Crippen LogP contribution in [-0.4, -0.2) is 48.3 Å². The standard InChI is InChI=1S/C21H34N2O3/c1-3-4-5-6-7-12-26-20-10-8-18(9-11-20)13-23-14-19(15-23)21(25)22-17(2)16-24/h8-11,17,19,24H,3-7,12-16H2,1-2H3,(H,22,25)/t17-/m1/s1. The number of unbranched alkanes of at least 4 members (excludes halogenated alkanes) is 4. The number of aliphatic hydroxyl groups is 1. The van der Waals surface area contributed by atoms with Crippen LogP contribution in [0, 0.1) is 5.92 Å². The van der Waals surface area contributed by atoms with Gasteiger partial charge in [-0.05, 0) is 31.0 Å². The van der Waals surface area contributed by atoms with Gasteiger partial charge in [0.25, 0.3) is 0 Å². The summed E-state index contributed by atoms with van der Waals surface area (Å²) in [4.78, 5) is 14.2. The third-order valence-electron chi connectivity index (χ3n) is 4.84. The molecule has 2 N–H and O–H groups in total. The summed E-state index contributed by atoms with van der Waals surface area (Å²) in [7, 11) is 0. The van der Waals surface area contributed by atoms with Crippen molar-refractivity contribution < 1.29 is 14.6 Å². The maximum Gasteiger partial charge on any atom is 0.225 e. The first-order valence-electron chi connectivity index (χ1n) is 9.97. The third-order valence-corrected chi connectivity index (χ3v) is 4.84. The van der Waals surface area contributed by atoms with E-state index in [4.69, 9.17) is 9.84 Å². The average molecular weight is 363 g/mol. The second kappa shape index (κ2) is 11.2. The molecule has 146 valence electrons. The van der Waals surface area contributed by atoms with E-state index >= 15 is 0 Å². The van der Waals surface area contributed by atoms with Gasteiger partial charge in [-0.1, -0.05) is 44.7 Å². The third kappa shape index (κ3) is 6.96. The first kappa shape index (κ1) is 20.7. The number of hydrogen-bond donors (Lipinski definition) is 2. The molecule has 0 bridgehead atoms. The Balaban J connectivity index is 1.62. The van der Waals surface area contributed by atoms with Gasteiger partial charge in [-0.25, -0.2) is 0 Å². The summed E-state index contributed by atoms with van der Waals surface area (Å²) in [5.41, 5.74) is 1.24. The zero-order chi connectivity index (χ0) is 18.8. The molecule has 1 atom stereocenters. The zero-order valence-electron chi connectivity index (χ0n) is 16.2. The maximum atomic E-state index is 12.0. The summed E-state index contributed by atoms with van der Waals surface area (Å²) in [6.07, 6.45) is 6.24. The van der Waals surface area contributed by atoms with E-state index in [9.17, 15) is 4.79 Å². The summed E-state index contributed by atoms with van der Waals surface area (Å²) in [5.74, 6) is 1.02. The Morgan fingerprint density at radius 3 is 2.58 bits per heavy atom. The van der Waals surface area contributed by atoms with E-state index in [2.05, 4.69) is 29.3 Å². The number of benzene rings is 1. The molecule has 1 aliphatic heterocycles. The summed E-state index contributed by atoms with van der Waals surface area (Å²) in [6, 6.07) is 8.11. The molecule has 0 radical (unpaired) electrons. The van der Waals surface area contributed by atoms with Gasteiger partial charge in [0.2, 0.25) is 5.91 Å². The van der Waals surface area contributed by atoms with Crippen LogP contribution in [0.15, 0.2) is 24.3 Å². The summed E-state index contributed by atoms with van der Waals surface area (Å²) >= 11 is 0. The van der Waals surface area contributed by atoms with Crippen LogP contribution in [0.1, 0.15) is 51.5 Å². The van der Waals surface area contributed by atoms with Crippen LogP contribution in [0.5, 0.6) is 5.75 Å². The van der Waals surface area contributed by atoms with Gasteiger partial charge in [0.05, 0.1) is 19.1 Å². The number of carbonyl (C=O) groups is 1. The molecule has 26 heavy (non-hydrogen) atoms. The maximum absolute atomic E-state index is 12.0. The van der Waals surface area contributed by atoms with Gasteiger partial charge in [-0.15, -0.1) is 0 Å². The molecule has 0 saturated carbocycles. The Hall–Kier alpha value is -1.59. The van der Waals surface area contributed by atoms with Crippen molar-refractivity contribution in [2.75, 3.05) is 26.3 Å². The van der Waals surface area contributed by atoms with Gasteiger partial charge in [0, 0.05) is 25.7 Å². The molecule has 0 spiro atoms. The fourth-order valence-electron chi connectivity index (χ4n) is 3.12. The number of carbonyl (C=O) groups excluding carboxylic acids is 1. The molecule has 1 heterocycles. The Morgan fingerprint density at radius 2 is 1.92 bits per heavy atom. The van der Waals surface area contributed by atoms with Crippen LogP contribution >= 0.6 is 0 Å². The van der Waals surface area contributed by atoms with Gasteiger partial charge in [-0.3, -0.25) is 9.69 Å². The molecule has 1 saturated heterocycles. The molecule has 1 aromatic carbocycles. The van der Waals surface area contributed by atoms with Crippen molar-refractivity contribution in [2.24, 2.45) is 5.92 Å². The molecular weight excluding hydrogens is 328 g/mol. The largest absolute Gasteiger partial charge is 0.494 e. The van der Waals surface area contributed by atoms with Gasteiger partial charge >= 0.3 is 0 Å². The number of rotatable bonds is 12. The van der Waals surface area contributed by atoms with Gasteiger partial charge in [-0.2, -0.15) is 0 Å². The molecule has 0 aliphatic carbocycles. The molecule has 0 unspecified atom stereocenters. The van der Waals surface area contributed by atoms with Crippen molar-refractivity contribution in [1.82, 2.24) is 10.2 Å². The average Bonchev–Trinajstić information content (AvgIpc) is 2.61. The Bertz CT molecular complexity index is 527. The molecule has 1 aliphatic rings. The molecule has 1 fully saturated rings. The number of hydrogen-bond acceptors (Lipinski definition) is 4. The van der Waals surface area contributed by atoms with Crippen molar-refractivity contribution in [3.05, 3.63) is 29.8 Å². The topological polar surface area (TPSA) is 61.8 Å². The summed E-state index contributed by atoms with van der Waals surface area (Å²) < 4.78 is 5.80. The minimum atomic E-state index is -0.171. The SMILES string of the molecule is CCCCCCCOc1ccc(CN2CC(C(=O)N[C@H](C)CO)C2)cc1. The van der Waals surface area contributed by atoms with Gasteiger partial charge < -0.3 is 15.2 Å². The van der Waals surface area contributed by atoms with Crippen LogP contribution in [0.4, 0.5) is 0 Å². The summed E-state index contributed by atoms with van der Waals surface area (Å²) in [6.45, 7) is 7.22. The van der Waals surface area contributed by atoms with Crippen LogP contribution in [0.25, 0.3) is 0 Å². The Kier molecular flexibility index (Phi) is 8.92. The second-order valence-electron chi connectivity index (χ2n) is 7.39. The molecule has 1 amide bonds. The van der Waals surface area contributed by atoms with Gasteiger partial charge in [0.1, 0.15) is 5.75 Å². The lowest BCUT2D eigenvalue weighted by atomic mass is 9.98. The fourth-order valence-corrected chi connectivity index (χ4v) is 3.12. The molecule has 5 nitrogen and oxygen atoms in total. The number of nitrogens with zero attached hydrogens (tertiary/aromatic N) is 1. The number of aliphatic hydroxyl groups excluding tert-OH is 1. The Labute approximate surface area is 157 Å². The van der Waals surface area contributed by atoms with Crippen molar-refractivity contribution in [3.63, 3.8) is 0 Å². The lowest BCUT2D eigenvalue weighted by molar-refractivity contribution is -0.131. The number of amides is 1. The van der Waals surface area contributed by atoms with E-state index in [1.165, 1.54) is 31.2 Å². The van der Waals surface area contributed by atoms with Crippen LogP contribution in [0.3, 0.4) is 0 Å². The van der Waals surface area contributed by atoms with Gasteiger partial charge in [0.15, 0.2) is 0 Å². The zero-order valence-corrected chi connectivity index (χ0v) is 16.2. The molecule has 5 heteroatoms. The van der Waals surface area contributed by atoms with E-state index < -0.39 is 0 Å². The normalized spacial score (nSPS) is 16.1. The summed E-state index contributed by atoms with van der Waals surface area (Å²) in [5, 5.41) is 11.8. The predicted molar refractivity (Wildman–Crippen MR) is 104 cm³/mol. The fraction of sp³-hybridized carbons (Fsp3) is 0.667. The highest BCUT2D eigenvalue weighted by Gasteiger charge is 2.32. The van der Waals surface area contributed by atoms with Crippen LogP contribution < -0.4 is 10.1 Å². The number of nitrogens with one attached hydrogen (secondary N) is 1. The van der Waals surface area contributed by atoms with Crippen molar-refractivity contribution in [1.29, 1.82) is 0 Å². The molecule has 0 aromatic heterocycles. The highest BCUT2D eigenvalue weighted by Crippen LogP contribution is 2.20. The Morgan fingerprint density at radius 1 is 1.23 bits per heavy atom. The predicted octanol–water partition coefficient (Wildman–Crippen LogP) is 2.96. The lowest BCUT2D eigenvalue weighted by Gasteiger charge is -2.38. The highest BCUT2D eigenvalue weighted by atomic mass is 16.5. The van der Waals surface area contributed by atoms with Crippen LogP contribution in [-0.2, 0) is 11.3 Å². The van der Waals surface area contributed by atoms with Crippen molar-refractivity contribution in [2.45, 2.75) is 58.5 Å².